The summed E-state index contributed by atoms with van der Waals surface area (Å²) in [5, 5.41) is 0. The fourth-order valence-corrected chi connectivity index (χ4v) is 2.84. The number of hydrogen-bond acceptors (Lipinski definition) is 3. The number of hydrogen-bond donors (Lipinski definition) is 0. The monoisotopic (exact) mass is 272 g/mol. The van der Waals surface area contributed by atoms with Gasteiger partial charge in [0.15, 0.2) is 11.5 Å². The Bertz CT molecular complexity index is 605. The molecule has 106 valence electrons. The van der Waals surface area contributed by atoms with E-state index in [9.17, 15) is 0 Å². The molecule has 0 amide bonds. The first-order chi connectivity index (χ1) is 9.81. The topological polar surface area (TPSA) is 36.3 Å². The molecule has 0 radical (unpaired) electrons. The highest BCUT2D eigenvalue weighted by Gasteiger charge is 2.15. The van der Waals surface area contributed by atoms with Gasteiger partial charge in [-0.2, -0.15) is 0 Å². The summed E-state index contributed by atoms with van der Waals surface area (Å²) in [6.07, 6.45) is 6.76. The Morgan fingerprint density at radius 2 is 1.90 bits per heavy atom. The van der Waals surface area contributed by atoms with Gasteiger partial charge in [-0.3, -0.25) is 0 Å². The van der Waals surface area contributed by atoms with Gasteiger partial charge in [-0.25, -0.2) is 4.98 Å². The van der Waals surface area contributed by atoms with Crippen molar-refractivity contribution in [1.82, 2.24) is 9.55 Å². The third kappa shape index (κ3) is 2.38. The first-order valence-corrected chi connectivity index (χ1v) is 7.05. The van der Waals surface area contributed by atoms with Crippen molar-refractivity contribution in [2.75, 3.05) is 14.2 Å². The lowest BCUT2D eigenvalue weighted by Gasteiger charge is -2.15. The minimum absolute atomic E-state index is 0.768. The third-order valence-electron chi connectivity index (χ3n) is 3.91. The molecule has 0 fully saturated rings. The van der Waals surface area contributed by atoms with Gasteiger partial charge in [-0.15, -0.1) is 0 Å². The van der Waals surface area contributed by atoms with E-state index >= 15 is 0 Å². The Balaban J connectivity index is 1.86. The van der Waals surface area contributed by atoms with Crippen molar-refractivity contribution in [2.45, 2.75) is 32.2 Å². The van der Waals surface area contributed by atoms with E-state index in [1.54, 1.807) is 14.2 Å². The van der Waals surface area contributed by atoms with Crippen LogP contribution < -0.4 is 9.47 Å². The molecule has 3 rings (SSSR count). The molecule has 1 heterocycles. The SMILES string of the molecule is COc1ccc(Cn2cnc3c2CCCC3)cc1OC. The van der Waals surface area contributed by atoms with E-state index in [1.165, 1.54) is 29.8 Å². The molecule has 1 aromatic heterocycles. The second kappa shape index (κ2) is 5.57. The van der Waals surface area contributed by atoms with Gasteiger partial charge in [0.05, 0.1) is 26.2 Å². The van der Waals surface area contributed by atoms with Crippen LogP contribution in [0, 0.1) is 0 Å². The van der Waals surface area contributed by atoms with Gasteiger partial charge in [0.2, 0.25) is 0 Å². The molecule has 1 aliphatic carbocycles. The lowest BCUT2D eigenvalue weighted by atomic mass is 10.0. The van der Waals surface area contributed by atoms with Crippen LogP contribution in [0.5, 0.6) is 11.5 Å². The Morgan fingerprint density at radius 3 is 2.70 bits per heavy atom. The van der Waals surface area contributed by atoms with Crippen LogP contribution in [-0.4, -0.2) is 23.8 Å². The van der Waals surface area contributed by atoms with Crippen molar-refractivity contribution >= 4 is 0 Å². The number of ether oxygens (including phenoxy) is 2. The van der Waals surface area contributed by atoms with Crippen LogP contribution in [0.3, 0.4) is 0 Å². The van der Waals surface area contributed by atoms with E-state index < -0.39 is 0 Å². The fourth-order valence-electron chi connectivity index (χ4n) is 2.84. The van der Waals surface area contributed by atoms with Crippen LogP contribution in [-0.2, 0) is 19.4 Å². The van der Waals surface area contributed by atoms with Crippen molar-refractivity contribution in [1.29, 1.82) is 0 Å². The third-order valence-corrected chi connectivity index (χ3v) is 3.91. The van der Waals surface area contributed by atoms with Gasteiger partial charge >= 0.3 is 0 Å². The molecule has 0 bridgehead atoms. The van der Waals surface area contributed by atoms with Crippen molar-refractivity contribution in [2.24, 2.45) is 0 Å². The molecule has 0 N–H and O–H groups in total. The highest BCUT2D eigenvalue weighted by atomic mass is 16.5. The van der Waals surface area contributed by atoms with Gasteiger partial charge < -0.3 is 14.0 Å². The van der Waals surface area contributed by atoms with E-state index in [0.29, 0.717) is 0 Å². The van der Waals surface area contributed by atoms with Gasteiger partial charge in [-0.05, 0) is 43.4 Å². The number of nitrogens with zero attached hydrogens (tertiary/aromatic N) is 2. The molecule has 0 aliphatic heterocycles. The van der Waals surface area contributed by atoms with Crippen molar-refractivity contribution in [3.63, 3.8) is 0 Å². The molecule has 4 heteroatoms. The molecule has 20 heavy (non-hydrogen) atoms. The number of methoxy groups -OCH3 is 2. The summed E-state index contributed by atoms with van der Waals surface area (Å²) in [4.78, 5) is 4.54. The van der Waals surface area contributed by atoms with Gasteiger partial charge in [0.1, 0.15) is 0 Å². The summed E-state index contributed by atoms with van der Waals surface area (Å²) < 4.78 is 12.9. The second-order valence-electron chi connectivity index (χ2n) is 5.16. The van der Waals surface area contributed by atoms with Gasteiger partial charge in [0, 0.05) is 12.2 Å². The first kappa shape index (κ1) is 13.0. The number of imidazole rings is 1. The van der Waals surface area contributed by atoms with E-state index in [1.807, 2.05) is 18.5 Å². The Kier molecular flexibility index (Phi) is 3.63. The second-order valence-corrected chi connectivity index (χ2v) is 5.16. The predicted molar refractivity (Wildman–Crippen MR) is 77.5 cm³/mol. The zero-order valence-electron chi connectivity index (χ0n) is 12.1. The summed E-state index contributed by atoms with van der Waals surface area (Å²) in [6, 6.07) is 6.07. The lowest BCUT2D eigenvalue weighted by Crippen LogP contribution is -2.09. The number of aryl methyl sites for hydroxylation is 1. The van der Waals surface area contributed by atoms with Gasteiger partial charge in [0.25, 0.3) is 0 Å². The maximum absolute atomic E-state index is 5.36. The molecule has 0 spiro atoms. The summed E-state index contributed by atoms with van der Waals surface area (Å²) >= 11 is 0. The van der Waals surface area contributed by atoms with Crippen molar-refractivity contribution < 1.29 is 9.47 Å². The highest BCUT2D eigenvalue weighted by Crippen LogP contribution is 2.28. The van der Waals surface area contributed by atoms with Crippen LogP contribution in [0.15, 0.2) is 24.5 Å². The molecule has 1 aliphatic rings. The van der Waals surface area contributed by atoms with Crippen LogP contribution in [0.1, 0.15) is 29.8 Å². The lowest BCUT2D eigenvalue weighted by molar-refractivity contribution is 0.354. The van der Waals surface area contributed by atoms with E-state index in [0.717, 1.165) is 30.9 Å². The highest BCUT2D eigenvalue weighted by molar-refractivity contribution is 5.43. The normalized spacial score (nSPS) is 13.9. The van der Waals surface area contributed by atoms with Gasteiger partial charge in [-0.1, -0.05) is 6.07 Å². The molecule has 0 saturated heterocycles. The maximum Gasteiger partial charge on any atom is 0.161 e. The molecule has 4 nitrogen and oxygen atoms in total. The number of benzene rings is 1. The molecule has 1 aromatic carbocycles. The first-order valence-electron chi connectivity index (χ1n) is 7.05. The van der Waals surface area contributed by atoms with Crippen molar-refractivity contribution in [3.05, 3.63) is 41.5 Å². The molecular formula is C16H20N2O2. The number of rotatable bonds is 4. The van der Waals surface area contributed by atoms with Crippen LogP contribution in [0.2, 0.25) is 0 Å². The largest absolute Gasteiger partial charge is 0.493 e. The van der Waals surface area contributed by atoms with E-state index in [2.05, 4.69) is 15.6 Å². The van der Waals surface area contributed by atoms with E-state index in [4.69, 9.17) is 9.47 Å². The average molecular weight is 272 g/mol. The van der Waals surface area contributed by atoms with Crippen LogP contribution in [0.4, 0.5) is 0 Å². The Labute approximate surface area is 119 Å². The summed E-state index contributed by atoms with van der Waals surface area (Å²) in [5.74, 6) is 1.54. The summed E-state index contributed by atoms with van der Waals surface area (Å²) in [5.41, 5.74) is 3.87. The standard InChI is InChI=1S/C16H20N2O2/c1-19-15-8-7-12(9-16(15)20-2)10-18-11-17-13-5-3-4-6-14(13)18/h7-9,11H,3-6,10H2,1-2H3. The summed E-state index contributed by atoms with van der Waals surface area (Å²) in [6.45, 7) is 0.836. The smallest absolute Gasteiger partial charge is 0.161 e. The quantitative estimate of drug-likeness (QED) is 0.858. The molecule has 0 saturated carbocycles. The molecule has 0 atom stereocenters. The predicted octanol–water partition coefficient (Wildman–Crippen LogP) is 2.83. The maximum atomic E-state index is 5.36. The molecular weight excluding hydrogens is 252 g/mol. The number of aromatic nitrogens is 2. The van der Waals surface area contributed by atoms with Crippen LogP contribution >= 0.6 is 0 Å². The molecule has 0 unspecified atom stereocenters. The summed E-state index contributed by atoms with van der Waals surface area (Å²) in [7, 11) is 3.32. The fraction of sp³-hybridized carbons (Fsp3) is 0.438. The Hall–Kier alpha value is -1.97. The van der Waals surface area contributed by atoms with Crippen molar-refractivity contribution in [3.8, 4) is 11.5 Å². The minimum Gasteiger partial charge on any atom is -0.493 e. The van der Waals surface area contributed by atoms with E-state index in [-0.39, 0.29) is 0 Å². The Morgan fingerprint density at radius 1 is 1.10 bits per heavy atom. The van der Waals surface area contributed by atoms with Crippen LogP contribution in [0.25, 0.3) is 0 Å². The molecule has 2 aromatic rings. The zero-order valence-corrected chi connectivity index (χ0v) is 12.1. The zero-order chi connectivity index (χ0) is 13.9. The minimum atomic E-state index is 0.768. The number of fused-ring (bicyclic) bond motifs is 1. The average Bonchev–Trinajstić information content (AvgIpc) is 2.90.